The first-order valence-electron chi connectivity index (χ1n) is 10.1. The molecule has 8 nitrogen and oxygen atoms in total. The van der Waals surface area contributed by atoms with Crippen molar-refractivity contribution in [3.05, 3.63) is 54.0 Å². The largest absolute Gasteiger partial charge is 0.497 e. The molecule has 158 valence electrons. The molecule has 0 aliphatic carbocycles. The van der Waals surface area contributed by atoms with Gasteiger partial charge in [0.1, 0.15) is 5.75 Å². The molecule has 30 heavy (non-hydrogen) atoms. The minimum atomic E-state index is -0.436. The lowest BCUT2D eigenvalue weighted by Gasteiger charge is -2.36. The molecule has 1 aromatic heterocycles. The Morgan fingerprint density at radius 3 is 2.47 bits per heavy atom. The smallest absolute Gasteiger partial charge is 0.289 e. The maximum atomic E-state index is 12.9. The van der Waals surface area contributed by atoms with Gasteiger partial charge in [-0.2, -0.15) is 0 Å². The number of hydrogen-bond acceptors (Lipinski definition) is 6. The number of nitrogens with zero attached hydrogens (tertiary/aromatic N) is 3. The molecule has 1 atom stereocenters. The maximum absolute atomic E-state index is 12.9. The van der Waals surface area contributed by atoms with E-state index in [1.165, 1.54) is 11.2 Å². The van der Waals surface area contributed by atoms with E-state index in [2.05, 4.69) is 0 Å². The van der Waals surface area contributed by atoms with Gasteiger partial charge in [-0.15, -0.1) is 0 Å². The second-order valence-electron chi connectivity index (χ2n) is 7.51. The Kier molecular flexibility index (Phi) is 5.85. The fourth-order valence-electron chi connectivity index (χ4n) is 4.01. The maximum Gasteiger partial charge on any atom is 0.289 e. The van der Waals surface area contributed by atoms with E-state index in [9.17, 15) is 14.4 Å². The van der Waals surface area contributed by atoms with Crippen LogP contribution >= 0.6 is 0 Å². The minimum absolute atomic E-state index is 0.132. The Hall–Kier alpha value is -3.13. The molecule has 0 bridgehead atoms. The molecule has 2 aromatic rings. The first-order chi connectivity index (χ1) is 14.6. The second kappa shape index (κ2) is 8.71. The van der Waals surface area contributed by atoms with E-state index in [1.54, 1.807) is 24.1 Å². The van der Waals surface area contributed by atoms with Crippen LogP contribution in [0.1, 0.15) is 22.5 Å². The summed E-state index contributed by atoms with van der Waals surface area (Å²) in [5, 5.41) is 0. The van der Waals surface area contributed by atoms with E-state index in [0.717, 1.165) is 11.3 Å². The number of piperazine rings is 1. The number of amides is 3. The van der Waals surface area contributed by atoms with Gasteiger partial charge in [0, 0.05) is 32.7 Å². The fourth-order valence-corrected chi connectivity index (χ4v) is 4.01. The van der Waals surface area contributed by atoms with Gasteiger partial charge in [-0.05, 0) is 36.2 Å². The highest BCUT2D eigenvalue weighted by Crippen LogP contribution is 2.22. The zero-order valence-corrected chi connectivity index (χ0v) is 17.0. The third-order valence-corrected chi connectivity index (χ3v) is 5.78. The van der Waals surface area contributed by atoms with E-state index in [-0.39, 0.29) is 24.1 Å². The standard InChI is InChI=1S/C22H25N3O5/c1-29-17-6-4-16(5-7-17)8-9-25-20(26)15-18(21(25)27)23-10-12-24(13-11-23)22(28)19-3-2-14-30-19/h2-7,14,18H,8-13,15H2,1H3. The van der Waals surface area contributed by atoms with Gasteiger partial charge in [-0.3, -0.25) is 24.2 Å². The number of likely N-dealkylation sites (tertiary alicyclic amines) is 1. The number of ether oxygens (including phenoxy) is 1. The Balaban J connectivity index is 1.31. The Morgan fingerprint density at radius 2 is 1.83 bits per heavy atom. The van der Waals surface area contributed by atoms with Crippen LogP contribution in [0.15, 0.2) is 47.1 Å². The van der Waals surface area contributed by atoms with Gasteiger partial charge < -0.3 is 14.1 Å². The summed E-state index contributed by atoms with van der Waals surface area (Å²) in [6.45, 7) is 2.50. The van der Waals surface area contributed by atoms with Gasteiger partial charge in [0.2, 0.25) is 11.8 Å². The van der Waals surface area contributed by atoms with Crippen LogP contribution in [0, 0.1) is 0 Å². The number of carbonyl (C=O) groups is 3. The summed E-state index contributed by atoms with van der Waals surface area (Å²) in [6.07, 6.45) is 2.29. The van der Waals surface area contributed by atoms with Crippen LogP contribution < -0.4 is 4.74 Å². The lowest BCUT2D eigenvalue weighted by Crippen LogP contribution is -2.53. The molecule has 2 saturated heterocycles. The first kappa shape index (κ1) is 20.2. The summed E-state index contributed by atoms with van der Waals surface area (Å²) in [7, 11) is 1.61. The molecular weight excluding hydrogens is 386 g/mol. The van der Waals surface area contributed by atoms with Crippen molar-refractivity contribution in [2.75, 3.05) is 39.8 Å². The summed E-state index contributed by atoms with van der Waals surface area (Å²) in [4.78, 5) is 42.9. The van der Waals surface area contributed by atoms with Crippen LogP contribution in [0.3, 0.4) is 0 Å². The Labute approximate surface area is 175 Å². The predicted octanol–water partition coefficient (Wildman–Crippen LogP) is 1.42. The summed E-state index contributed by atoms with van der Waals surface area (Å²) in [5.74, 6) is 0.679. The molecule has 2 fully saturated rings. The molecule has 3 amide bonds. The lowest BCUT2D eigenvalue weighted by molar-refractivity contribution is -0.139. The number of imide groups is 1. The van der Waals surface area contributed by atoms with Crippen LogP contribution in [0.4, 0.5) is 0 Å². The van der Waals surface area contributed by atoms with Crippen LogP contribution in [0.2, 0.25) is 0 Å². The van der Waals surface area contributed by atoms with E-state index < -0.39 is 6.04 Å². The van der Waals surface area contributed by atoms with Crippen molar-refractivity contribution >= 4 is 17.7 Å². The van der Waals surface area contributed by atoms with Crippen molar-refractivity contribution in [1.29, 1.82) is 0 Å². The van der Waals surface area contributed by atoms with E-state index >= 15 is 0 Å². The van der Waals surface area contributed by atoms with Gasteiger partial charge in [0.15, 0.2) is 5.76 Å². The van der Waals surface area contributed by atoms with Crippen molar-refractivity contribution < 1.29 is 23.5 Å². The highest BCUT2D eigenvalue weighted by atomic mass is 16.5. The third kappa shape index (κ3) is 4.09. The number of rotatable bonds is 6. The summed E-state index contributed by atoms with van der Waals surface area (Å²) >= 11 is 0. The summed E-state index contributed by atoms with van der Waals surface area (Å²) in [6, 6.07) is 10.5. The molecule has 8 heteroatoms. The molecule has 0 spiro atoms. The minimum Gasteiger partial charge on any atom is -0.497 e. The van der Waals surface area contributed by atoms with Crippen molar-refractivity contribution in [1.82, 2.24) is 14.7 Å². The van der Waals surface area contributed by atoms with Crippen LogP contribution in [0.5, 0.6) is 5.75 Å². The van der Waals surface area contributed by atoms with Crippen molar-refractivity contribution in [3.63, 3.8) is 0 Å². The number of benzene rings is 1. The fraction of sp³-hybridized carbons (Fsp3) is 0.409. The number of furan rings is 1. The summed E-state index contributed by atoms with van der Waals surface area (Å²) < 4.78 is 10.3. The molecule has 2 aliphatic heterocycles. The number of methoxy groups -OCH3 is 1. The monoisotopic (exact) mass is 411 g/mol. The number of carbonyl (C=O) groups excluding carboxylic acids is 3. The van der Waals surface area contributed by atoms with Gasteiger partial charge in [0.25, 0.3) is 5.91 Å². The first-order valence-corrected chi connectivity index (χ1v) is 10.1. The zero-order valence-electron chi connectivity index (χ0n) is 17.0. The van der Waals surface area contributed by atoms with Gasteiger partial charge in [0.05, 0.1) is 25.8 Å². The molecule has 2 aliphatic rings. The lowest BCUT2D eigenvalue weighted by atomic mass is 10.1. The molecular formula is C22H25N3O5. The van der Waals surface area contributed by atoms with E-state index in [4.69, 9.17) is 9.15 Å². The quantitative estimate of drug-likeness (QED) is 0.669. The van der Waals surface area contributed by atoms with Gasteiger partial charge in [-0.1, -0.05) is 12.1 Å². The highest BCUT2D eigenvalue weighted by molar-refractivity contribution is 6.05. The third-order valence-electron chi connectivity index (χ3n) is 5.78. The molecule has 0 saturated carbocycles. The topological polar surface area (TPSA) is 83.3 Å². The average Bonchev–Trinajstić information content (AvgIpc) is 3.41. The Bertz CT molecular complexity index is 901. The molecule has 1 unspecified atom stereocenters. The van der Waals surface area contributed by atoms with Crippen molar-refractivity contribution in [2.24, 2.45) is 0 Å². The van der Waals surface area contributed by atoms with E-state index in [0.29, 0.717) is 44.9 Å². The Morgan fingerprint density at radius 1 is 1.10 bits per heavy atom. The van der Waals surface area contributed by atoms with Crippen LogP contribution in [0.25, 0.3) is 0 Å². The molecule has 3 heterocycles. The average molecular weight is 411 g/mol. The van der Waals surface area contributed by atoms with Gasteiger partial charge in [-0.25, -0.2) is 0 Å². The second-order valence-corrected chi connectivity index (χ2v) is 7.51. The summed E-state index contributed by atoms with van der Waals surface area (Å²) in [5.41, 5.74) is 1.05. The number of hydrogen-bond donors (Lipinski definition) is 0. The van der Waals surface area contributed by atoms with Crippen molar-refractivity contribution in [3.8, 4) is 5.75 Å². The van der Waals surface area contributed by atoms with Crippen LogP contribution in [-0.4, -0.2) is 78.3 Å². The van der Waals surface area contributed by atoms with E-state index in [1.807, 2.05) is 29.2 Å². The SMILES string of the molecule is COc1ccc(CCN2C(=O)CC(N3CCN(C(=O)c4ccco4)CC3)C2=O)cc1. The predicted molar refractivity (Wildman–Crippen MR) is 108 cm³/mol. The molecule has 1 aromatic carbocycles. The molecule has 4 rings (SSSR count). The van der Waals surface area contributed by atoms with Crippen LogP contribution in [-0.2, 0) is 16.0 Å². The molecule has 0 N–H and O–H groups in total. The highest BCUT2D eigenvalue weighted by Gasteiger charge is 2.42. The zero-order chi connectivity index (χ0) is 21.1. The van der Waals surface area contributed by atoms with Gasteiger partial charge >= 0.3 is 0 Å². The normalized spacial score (nSPS) is 20.1. The molecule has 0 radical (unpaired) electrons. The van der Waals surface area contributed by atoms with Crippen molar-refractivity contribution in [2.45, 2.75) is 18.9 Å².